The highest BCUT2D eigenvalue weighted by Crippen LogP contribution is 2.24. The van der Waals surface area contributed by atoms with Gasteiger partial charge in [-0.25, -0.2) is 4.39 Å². The SMILES string of the molecule is Cc1c(O)cccc1C(=O)NC(Cc1ccccc1)C(O)C(=O)N1CC(F)CC1C(=O)NCc1ccccn1. The first-order valence-corrected chi connectivity index (χ1v) is 12.7. The molecule has 1 aliphatic heterocycles. The van der Waals surface area contributed by atoms with E-state index in [0.717, 1.165) is 10.5 Å². The largest absolute Gasteiger partial charge is 0.508 e. The number of aromatic hydroxyl groups is 1. The van der Waals surface area contributed by atoms with Crippen molar-refractivity contribution in [1.82, 2.24) is 20.5 Å². The lowest BCUT2D eigenvalue weighted by Crippen LogP contribution is -2.55. The van der Waals surface area contributed by atoms with E-state index in [9.17, 15) is 29.0 Å². The summed E-state index contributed by atoms with van der Waals surface area (Å²) in [5.74, 6) is -2.07. The smallest absolute Gasteiger partial charge is 0.254 e. The molecular weight excluding hydrogens is 503 g/mol. The first-order valence-electron chi connectivity index (χ1n) is 12.7. The van der Waals surface area contributed by atoms with Crippen molar-refractivity contribution in [3.8, 4) is 5.75 Å². The van der Waals surface area contributed by atoms with Crippen LogP contribution in [0.15, 0.2) is 72.9 Å². The molecular formula is C29H31FN4O5. The molecule has 204 valence electrons. The summed E-state index contributed by atoms with van der Waals surface area (Å²) >= 11 is 0. The molecule has 4 rings (SSSR count). The van der Waals surface area contributed by atoms with Crippen molar-refractivity contribution in [3.63, 3.8) is 0 Å². The van der Waals surface area contributed by atoms with Crippen molar-refractivity contribution in [2.24, 2.45) is 0 Å². The molecule has 1 aromatic heterocycles. The summed E-state index contributed by atoms with van der Waals surface area (Å²) in [5, 5.41) is 26.6. The molecule has 0 aliphatic carbocycles. The average Bonchev–Trinajstić information content (AvgIpc) is 3.34. The normalized spacial score (nSPS) is 18.3. The number of amides is 3. The number of aliphatic hydroxyl groups excluding tert-OH is 1. The van der Waals surface area contributed by atoms with E-state index in [-0.39, 0.29) is 37.2 Å². The van der Waals surface area contributed by atoms with Crippen molar-refractivity contribution in [2.45, 2.75) is 50.7 Å². The van der Waals surface area contributed by atoms with Gasteiger partial charge in [-0.05, 0) is 43.2 Å². The molecule has 3 aromatic rings. The lowest BCUT2D eigenvalue weighted by Gasteiger charge is -2.30. The topological polar surface area (TPSA) is 132 Å². The number of aliphatic hydroxyl groups is 1. The minimum atomic E-state index is -1.76. The molecule has 4 atom stereocenters. The minimum absolute atomic E-state index is 0.0653. The second-order valence-corrected chi connectivity index (χ2v) is 9.54. The highest BCUT2D eigenvalue weighted by atomic mass is 19.1. The molecule has 39 heavy (non-hydrogen) atoms. The van der Waals surface area contributed by atoms with Gasteiger partial charge < -0.3 is 25.7 Å². The van der Waals surface area contributed by atoms with Gasteiger partial charge in [-0.1, -0.05) is 42.5 Å². The van der Waals surface area contributed by atoms with E-state index in [4.69, 9.17) is 0 Å². The molecule has 10 heteroatoms. The van der Waals surface area contributed by atoms with Crippen LogP contribution in [-0.2, 0) is 22.6 Å². The first-order chi connectivity index (χ1) is 18.7. The van der Waals surface area contributed by atoms with Crippen LogP contribution >= 0.6 is 0 Å². The lowest BCUT2D eigenvalue weighted by molar-refractivity contribution is -0.146. The first kappa shape index (κ1) is 27.7. The molecule has 9 nitrogen and oxygen atoms in total. The fourth-order valence-corrected chi connectivity index (χ4v) is 4.64. The second-order valence-electron chi connectivity index (χ2n) is 9.54. The number of halogens is 1. The number of alkyl halides is 1. The Kier molecular flexibility index (Phi) is 8.88. The van der Waals surface area contributed by atoms with Crippen LogP contribution in [-0.4, -0.2) is 68.7 Å². The Morgan fingerprint density at radius 3 is 2.54 bits per heavy atom. The van der Waals surface area contributed by atoms with Crippen molar-refractivity contribution in [2.75, 3.05) is 6.54 Å². The number of phenolic OH excluding ortho intramolecular Hbond substituents is 1. The van der Waals surface area contributed by atoms with Gasteiger partial charge in [-0.3, -0.25) is 19.4 Å². The number of likely N-dealkylation sites (tertiary alicyclic amines) is 1. The maximum Gasteiger partial charge on any atom is 0.254 e. The van der Waals surface area contributed by atoms with Crippen LogP contribution in [0.1, 0.15) is 33.6 Å². The number of pyridine rings is 1. The summed E-state index contributed by atoms with van der Waals surface area (Å²) < 4.78 is 14.5. The molecule has 0 spiro atoms. The molecule has 3 amide bonds. The summed E-state index contributed by atoms with van der Waals surface area (Å²) in [7, 11) is 0. The van der Waals surface area contributed by atoms with E-state index in [2.05, 4.69) is 15.6 Å². The van der Waals surface area contributed by atoms with Gasteiger partial charge in [0.1, 0.15) is 18.0 Å². The Morgan fingerprint density at radius 1 is 1.08 bits per heavy atom. The van der Waals surface area contributed by atoms with Gasteiger partial charge in [0.25, 0.3) is 11.8 Å². The highest BCUT2D eigenvalue weighted by Gasteiger charge is 2.43. The van der Waals surface area contributed by atoms with Crippen LogP contribution in [0.5, 0.6) is 5.75 Å². The Balaban J connectivity index is 1.52. The quantitative estimate of drug-likeness (QED) is 0.332. The third-order valence-corrected chi connectivity index (χ3v) is 6.80. The summed E-state index contributed by atoms with van der Waals surface area (Å²) in [5.41, 5.74) is 1.88. The molecule has 1 fully saturated rings. The number of phenols is 1. The van der Waals surface area contributed by atoms with Crippen LogP contribution in [0.25, 0.3) is 0 Å². The van der Waals surface area contributed by atoms with Crippen LogP contribution < -0.4 is 10.6 Å². The third-order valence-electron chi connectivity index (χ3n) is 6.80. The summed E-state index contributed by atoms with van der Waals surface area (Å²) in [6.07, 6.45) is -1.72. The van der Waals surface area contributed by atoms with Gasteiger partial charge in [0, 0.05) is 23.7 Å². The van der Waals surface area contributed by atoms with Gasteiger partial charge in [0.15, 0.2) is 6.10 Å². The molecule has 4 unspecified atom stereocenters. The van der Waals surface area contributed by atoms with Crippen molar-refractivity contribution < 1.29 is 29.0 Å². The van der Waals surface area contributed by atoms with E-state index < -0.39 is 42.1 Å². The maximum absolute atomic E-state index is 14.5. The predicted molar refractivity (Wildman–Crippen MR) is 141 cm³/mol. The maximum atomic E-state index is 14.5. The molecule has 4 N–H and O–H groups in total. The van der Waals surface area contributed by atoms with Crippen LogP contribution in [0.3, 0.4) is 0 Å². The van der Waals surface area contributed by atoms with Gasteiger partial charge in [0.05, 0.1) is 24.8 Å². The average molecular weight is 535 g/mol. The minimum Gasteiger partial charge on any atom is -0.508 e. The lowest BCUT2D eigenvalue weighted by atomic mass is 9.98. The standard InChI is InChI=1S/C29H31FN4O5/c1-18-22(11-7-12-25(18)35)27(37)33-23(14-19-8-3-2-4-9-19)26(36)29(39)34-17-20(30)15-24(34)28(38)32-16-21-10-5-6-13-31-21/h2-13,20,23-24,26,35-36H,14-17H2,1H3,(H,32,38)(H,33,37). The monoisotopic (exact) mass is 534 g/mol. The number of nitrogens with zero attached hydrogens (tertiary/aromatic N) is 2. The molecule has 2 heterocycles. The number of carbonyl (C=O) groups excluding carboxylic acids is 3. The Bertz CT molecular complexity index is 1310. The van der Waals surface area contributed by atoms with Crippen LogP contribution in [0, 0.1) is 6.92 Å². The highest BCUT2D eigenvalue weighted by molar-refractivity contribution is 5.97. The van der Waals surface area contributed by atoms with Gasteiger partial charge in [-0.15, -0.1) is 0 Å². The molecule has 1 saturated heterocycles. The fraction of sp³-hybridized carbons (Fsp3) is 0.310. The summed E-state index contributed by atoms with van der Waals surface area (Å²) in [6.45, 7) is 1.33. The van der Waals surface area contributed by atoms with Crippen molar-refractivity contribution in [3.05, 3.63) is 95.3 Å². The van der Waals surface area contributed by atoms with E-state index >= 15 is 0 Å². The molecule has 0 saturated carbocycles. The third kappa shape index (κ3) is 6.77. The Morgan fingerprint density at radius 2 is 1.82 bits per heavy atom. The predicted octanol–water partition coefficient (Wildman–Crippen LogP) is 2.05. The molecule has 0 radical (unpaired) electrons. The van der Waals surface area contributed by atoms with E-state index in [0.29, 0.717) is 11.3 Å². The zero-order valence-corrected chi connectivity index (χ0v) is 21.5. The molecule has 2 aromatic carbocycles. The number of nitrogens with one attached hydrogen (secondary N) is 2. The van der Waals surface area contributed by atoms with Crippen molar-refractivity contribution in [1.29, 1.82) is 0 Å². The van der Waals surface area contributed by atoms with Gasteiger partial charge in [-0.2, -0.15) is 0 Å². The number of hydrogen-bond acceptors (Lipinski definition) is 6. The number of rotatable bonds is 9. The zero-order valence-electron chi connectivity index (χ0n) is 21.5. The molecule has 1 aliphatic rings. The number of benzene rings is 2. The van der Waals surface area contributed by atoms with Gasteiger partial charge in [0.2, 0.25) is 5.91 Å². The number of carbonyl (C=O) groups is 3. The number of aromatic nitrogens is 1. The molecule has 0 bridgehead atoms. The van der Waals surface area contributed by atoms with Crippen LogP contribution in [0.4, 0.5) is 4.39 Å². The van der Waals surface area contributed by atoms with Crippen LogP contribution in [0.2, 0.25) is 0 Å². The zero-order chi connectivity index (χ0) is 27.9. The Labute approximate surface area is 225 Å². The Hall–Kier alpha value is -4.31. The van der Waals surface area contributed by atoms with E-state index in [1.54, 1.807) is 55.6 Å². The van der Waals surface area contributed by atoms with Gasteiger partial charge >= 0.3 is 0 Å². The number of hydrogen-bond donors (Lipinski definition) is 4. The van der Waals surface area contributed by atoms with E-state index in [1.807, 2.05) is 6.07 Å². The summed E-state index contributed by atoms with van der Waals surface area (Å²) in [4.78, 5) is 44.7. The van der Waals surface area contributed by atoms with Crippen molar-refractivity contribution >= 4 is 17.7 Å². The van der Waals surface area contributed by atoms with E-state index in [1.165, 1.54) is 18.2 Å². The summed E-state index contributed by atoms with van der Waals surface area (Å²) in [6, 6.07) is 16.5. The second kappa shape index (κ2) is 12.5. The fourth-order valence-electron chi connectivity index (χ4n) is 4.64.